The number of amides is 3. The fraction of sp³-hybridized carbons (Fsp3) is 0.600. The lowest BCUT2D eigenvalue weighted by atomic mass is 9.67. The third kappa shape index (κ3) is 3.99. The molecule has 0 bridgehead atoms. The van der Waals surface area contributed by atoms with Crippen molar-refractivity contribution in [1.82, 2.24) is 15.1 Å². The van der Waals surface area contributed by atoms with Crippen molar-refractivity contribution in [2.24, 2.45) is 11.8 Å². The zero-order valence-corrected chi connectivity index (χ0v) is 17.8. The van der Waals surface area contributed by atoms with Crippen LogP contribution in [0, 0.1) is 11.8 Å². The second-order valence-electron chi connectivity index (χ2n) is 7.79. The van der Waals surface area contributed by atoms with Gasteiger partial charge in [-0.3, -0.25) is 9.69 Å². The minimum absolute atomic E-state index is 0.0760. The monoisotopic (exact) mass is 437 g/mol. The van der Waals surface area contributed by atoms with Crippen molar-refractivity contribution in [2.75, 3.05) is 26.9 Å². The normalized spacial score (nSPS) is 28.1. The standard InChI is InChI=1S/C20H28BrN3O3/c1-14-5-4-6-15(2)20(14)18(25)24(19(26)22-20)13-23(3)11-12-27-17-9-7-16(21)8-10-17/h7-10,14-15H,4-6,11-13H2,1-3H3,(H,22,26). The number of ether oxygens (including phenoxy) is 1. The molecule has 2 aliphatic rings. The van der Waals surface area contributed by atoms with E-state index < -0.39 is 5.54 Å². The maximum Gasteiger partial charge on any atom is 0.326 e. The van der Waals surface area contributed by atoms with Crippen LogP contribution in [0.15, 0.2) is 28.7 Å². The van der Waals surface area contributed by atoms with E-state index in [1.54, 1.807) is 0 Å². The van der Waals surface area contributed by atoms with Gasteiger partial charge in [-0.15, -0.1) is 0 Å². The van der Waals surface area contributed by atoms with Crippen molar-refractivity contribution in [3.63, 3.8) is 0 Å². The van der Waals surface area contributed by atoms with Crippen LogP contribution in [0.2, 0.25) is 0 Å². The molecule has 7 heteroatoms. The number of nitrogens with one attached hydrogen (secondary N) is 1. The Kier molecular flexibility index (Phi) is 6.11. The first-order valence-electron chi connectivity index (χ1n) is 9.55. The molecule has 1 aliphatic heterocycles. The summed E-state index contributed by atoms with van der Waals surface area (Å²) < 4.78 is 6.73. The molecule has 1 saturated carbocycles. The molecular formula is C20H28BrN3O3. The van der Waals surface area contributed by atoms with Crippen LogP contribution in [-0.4, -0.2) is 54.1 Å². The number of carbonyl (C=O) groups is 2. The van der Waals surface area contributed by atoms with Crippen LogP contribution in [0.1, 0.15) is 33.1 Å². The predicted octanol–water partition coefficient (Wildman–Crippen LogP) is 3.46. The SMILES string of the molecule is CC1CCCC(C)C12NC(=O)N(CN(C)CCOc1ccc(Br)cc1)C2=O. The highest BCUT2D eigenvalue weighted by Gasteiger charge is 2.58. The summed E-state index contributed by atoms with van der Waals surface area (Å²) in [7, 11) is 1.89. The van der Waals surface area contributed by atoms with Gasteiger partial charge in [0.2, 0.25) is 0 Å². The zero-order valence-electron chi connectivity index (χ0n) is 16.2. The van der Waals surface area contributed by atoms with Gasteiger partial charge in [-0.2, -0.15) is 0 Å². The van der Waals surface area contributed by atoms with E-state index in [0.717, 1.165) is 29.5 Å². The maximum atomic E-state index is 13.2. The summed E-state index contributed by atoms with van der Waals surface area (Å²) >= 11 is 3.40. The Balaban J connectivity index is 1.56. The van der Waals surface area contributed by atoms with Crippen LogP contribution < -0.4 is 10.1 Å². The quantitative estimate of drug-likeness (QED) is 0.692. The van der Waals surface area contributed by atoms with Gasteiger partial charge < -0.3 is 10.1 Å². The largest absolute Gasteiger partial charge is 0.492 e. The second kappa shape index (κ2) is 8.19. The fourth-order valence-corrected chi connectivity index (χ4v) is 4.51. The molecule has 1 spiro atoms. The van der Waals surface area contributed by atoms with Gasteiger partial charge in [-0.05, 0) is 56.0 Å². The maximum absolute atomic E-state index is 13.2. The van der Waals surface area contributed by atoms with E-state index in [1.807, 2.05) is 36.2 Å². The van der Waals surface area contributed by atoms with Gasteiger partial charge in [0.15, 0.2) is 0 Å². The average molecular weight is 438 g/mol. The number of likely N-dealkylation sites (N-methyl/N-ethyl adjacent to an activating group) is 1. The molecule has 1 aromatic carbocycles. The number of carbonyl (C=O) groups excluding carboxylic acids is 2. The molecule has 1 saturated heterocycles. The average Bonchev–Trinajstić information content (AvgIpc) is 2.87. The molecule has 1 aliphatic carbocycles. The minimum atomic E-state index is -0.732. The molecule has 6 nitrogen and oxygen atoms in total. The molecule has 2 atom stereocenters. The molecule has 27 heavy (non-hydrogen) atoms. The molecule has 1 N–H and O–H groups in total. The Morgan fingerprint density at radius 3 is 2.48 bits per heavy atom. The number of imide groups is 1. The van der Waals surface area contributed by atoms with Crippen LogP contribution in [0.25, 0.3) is 0 Å². The predicted molar refractivity (Wildman–Crippen MR) is 107 cm³/mol. The van der Waals surface area contributed by atoms with Crippen molar-refractivity contribution in [3.05, 3.63) is 28.7 Å². The van der Waals surface area contributed by atoms with Crippen molar-refractivity contribution < 1.29 is 14.3 Å². The van der Waals surface area contributed by atoms with E-state index in [1.165, 1.54) is 4.90 Å². The van der Waals surface area contributed by atoms with E-state index in [4.69, 9.17) is 4.74 Å². The lowest BCUT2D eigenvalue weighted by molar-refractivity contribution is -0.137. The smallest absolute Gasteiger partial charge is 0.326 e. The Bertz CT molecular complexity index is 684. The third-order valence-corrected chi connectivity index (χ3v) is 6.45. The van der Waals surface area contributed by atoms with Crippen molar-refractivity contribution >= 4 is 27.9 Å². The zero-order chi connectivity index (χ0) is 19.6. The number of halogens is 1. The summed E-state index contributed by atoms with van der Waals surface area (Å²) in [6.45, 7) is 5.53. The molecule has 0 radical (unpaired) electrons. The molecular weight excluding hydrogens is 410 g/mol. The third-order valence-electron chi connectivity index (χ3n) is 5.93. The summed E-state index contributed by atoms with van der Waals surface area (Å²) in [6, 6.07) is 7.38. The summed E-state index contributed by atoms with van der Waals surface area (Å²) in [5.41, 5.74) is -0.732. The van der Waals surface area contributed by atoms with E-state index in [0.29, 0.717) is 13.2 Å². The van der Waals surface area contributed by atoms with E-state index in [2.05, 4.69) is 35.1 Å². The first kappa shape index (κ1) is 20.1. The molecule has 2 fully saturated rings. The molecule has 3 amide bonds. The van der Waals surface area contributed by atoms with Gasteiger partial charge in [0.1, 0.15) is 17.9 Å². The van der Waals surface area contributed by atoms with Gasteiger partial charge in [-0.1, -0.05) is 36.2 Å². The summed E-state index contributed by atoms with van der Waals surface area (Å²) in [5, 5.41) is 3.04. The number of nitrogens with zero attached hydrogens (tertiary/aromatic N) is 2. The summed E-state index contributed by atoms with van der Waals surface area (Å²) in [5.74, 6) is 1.04. The van der Waals surface area contributed by atoms with Crippen LogP contribution >= 0.6 is 15.9 Å². The molecule has 2 unspecified atom stereocenters. The van der Waals surface area contributed by atoms with Crippen molar-refractivity contribution in [3.8, 4) is 5.75 Å². The van der Waals surface area contributed by atoms with Crippen LogP contribution in [0.3, 0.4) is 0 Å². The van der Waals surface area contributed by atoms with E-state index >= 15 is 0 Å². The van der Waals surface area contributed by atoms with Crippen LogP contribution in [-0.2, 0) is 4.79 Å². The Morgan fingerprint density at radius 1 is 1.22 bits per heavy atom. The second-order valence-corrected chi connectivity index (χ2v) is 8.70. The Morgan fingerprint density at radius 2 is 1.85 bits per heavy atom. The molecule has 3 rings (SSSR count). The van der Waals surface area contributed by atoms with Gasteiger partial charge in [0.25, 0.3) is 5.91 Å². The first-order chi connectivity index (χ1) is 12.8. The van der Waals surface area contributed by atoms with Gasteiger partial charge >= 0.3 is 6.03 Å². The number of urea groups is 1. The van der Waals surface area contributed by atoms with Crippen molar-refractivity contribution in [1.29, 1.82) is 0 Å². The highest BCUT2D eigenvalue weighted by molar-refractivity contribution is 9.10. The highest BCUT2D eigenvalue weighted by atomic mass is 79.9. The highest BCUT2D eigenvalue weighted by Crippen LogP contribution is 2.42. The van der Waals surface area contributed by atoms with E-state index in [-0.39, 0.29) is 30.4 Å². The van der Waals surface area contributed by atoms with Crippen molar-refractivity contribution in [2.45, 2.75) is 38.6 Å². The van der Waals surface area contributed by atoms with E-state index in [9.17, 15) is 9.59 Å². The van der Waals surface area contributed by atoms with Gasteiger partial charge in [-0.25, -0.2) is 9.69 Å². The summed E-state index contributed by atoms with van der Waals surface area (Å²) in [6.07, 6.45) is 3.06. The van der Waals surface area contributed by atoms with Crippen LogP contribution in [0.4, 0.5) is 4.79 Å². The number of hydrogen-bond donors (Lipinski definition) is 1. The Hall–Kier alpha value is -1.60. The lowest BCUT2D eigenvalue weighted by Gasteiger charge is -2.42. The molecule has 148 valence electrons. The number of benzene rings is 1. The number of hydrogen-bond acceptors (Lipinski definition) is 4. The molecule has 0 aromatic heterocycles. The summed E-state index contributed by atoms with van der Waals surface area (Å²) in [4.78, 5) is 29.0. The first-order valence-corrected chi connectivity index (χ1v) is 10.3. The fourth-order valence-electron chi connectivity index (χ4n) is 4.24. The Labute approximate surface area is 169 Å². The lowest BCUT2D eigenvalue weighted by Crippen LogP contribution is -2.59. The minimum Gasteiger partial charge on any atom is -0.492 e. The molecule has 1 heterocycles. The van der Waals surface area contributed by atoms with Crippen LogP contribution in [0.5, 0.6) is 5.75 Å². The number of rotatable bonds is 6. The van der Waals surface area contributed by atoms with Gasteiger partial charge in [0.05, 0.1) is 6.67 Å². The molecule has 1 aromatic rings. The van der Waals surface area contributed by atoms with Gasteiger partial charge in [0, 0.05) is 11.0 Å². The topological polar surface area (TPSA) is 61.9 Å².